The van der Waals surface area contributed by atoms with E-state index in [0.717, 1.165) is 13.8 Å². The van der Waals surface area contributed by atoms with Crippen molar-refractivity contribution in [2.75, 3.05) is 6.61 Å². The van der Waals surface area contributed by atoms with Crippen LogP contribution in [0.4, 0.5) is 4.79 Å². The number of carbonyl (C=O) groups is 8. The third-order valence-corrected chi connectivity index (χ3v) is 14.2. The third-order valence-electron chi connectivity index (χ3n) is 14.2. The Kier molecular flexibility index (Phi) is 13.9. The van der Waals surface area contributed by atoms with Crippen LogP contribution in [0.25, 0.3) is 0 Å². The van der Waals surface area contributed by atoms with E-state index in [-0.39, 0.29) is 41.7 Å². The molecule has 3 fully saturated rings. The van der Waals surface area contributed by atoms with Gasteiger partial charge in [-0.15, -0.1) is 0 Å². The largest absolute Gasteiger partial charge is 0.455 e. The van der Waals surface area contributed by atoms with Gasteiger partial charge in [0.2, 0.25) is 6.10 Å². The first-order valence-corrected chi connectivity index (χ1v) is 22.6. The lowest BCUT2D eigenvalue weighted by atomic mass is 9.44. The molecule has 4 aliphatic rings. The summed E-state index contributed by atoms with van der Waals surface area (Å²) >= 11 is 0. The Labute approximate surface area is 398 Å². The number of esters is 5. The van der Waals surface area contributed by atoms with Gasteiger partial charge in [0.1, 0.15) is 36.1 Å². The molecule has 1 saturated heterocycles. The zero-order valence-corrected chi connectivity index (χ0v) is 39.3. The van der Waals surface area contributed by atoms with Gasteiger partial charge in [0.25, 0.3) is 5.91 Å². The van der Waals surface area contributed by atoms with Crippen molar-refractivity contribution in [2.24, 2.45) is 22.5 Å². The number of primary amides is 1. The maximum Gasteiger partial charge on any atom is 0.404 e. The summed E-state index contributed by atoms with van der Waals surface area (Å²) in [5.74, 6) is -8.02. The summed E-state index contributed by atoms with van der Waals surface area (Å²) in [5, 5.41) is 16.8. The number of nitrogens with two attached hydrogens (primary N) is 1. The number of fused-ring (bicyclic) bond motifs is 5. The van der Waals surface area contributed by atoms with Gasteiger partial charge in [-0.2, -0.15) is 0 Å². The number of aliphatic hydroxyl groups is 1. The third kappa shape index (κ3) is 8.98. The fourth-order valence-electron chi connectivity index (χ4n) is 10.8. The monoisotopic (exact) mass is 952 g/mol. The second kappa shape index (κ2) is 19.2. The van der Waals surface area contributed by atoms with Crippen molar-refractivity contribution in [3.05, 3.63) is 119 Å². The molecule has 7 rings (SSSR count). The Morgan fingerprint density at radius 3 is 1.96 bits per heavy atom. The van der Waals surface area contributed by atoms with Crippen LogP contribution in [0.15, 0.2) is 102 Å². The molecule has 3 aromatic rings. The Morgan fingerprint density at radius 1 is 0.826 bits per heavy atom. The summed E-state index contributed by atoms with van der Waals surface area (Å²) in [6, 6.07) is 22.7. The summed E-state index contributed by atoms with van der Waals surface area (Å²) in [4.78, 5) is 112. The van der Waals surface area contributed by atoms with E-state index in [1.165, 1.54) is 46.8 Å². The number of Topliss-reactive ketones (excluding diaryl/α,β-unsaturated/α-hetero) is 1. The molecular formula is C51H56N2O16. The first-order valence-electron chi connectivity index (χ1n) is 22.6. The molecule has 3 aliphatic carbocycles. The van der Waals surface area contributed by atoms with Gasteiger partial charge >= 0.3 is 35.9 Å². The van der Waals surface area contributed by atoms with Gasteiger partial charge in [-0.25, -0.2) is 14.4 Å². The van der Waals surface area contributed by atoms with E-state index >= 15 is 9.59 Å². The number of amides is 2. The Morgan fingerprint density at radius 2 is 1.42 bits per heavy atom. The molecule has 2 bridgehead atoms. The number of ketones is 1. The zero-order chi connectivity index (χ0) is 50.2. The van der Waals surface area contributed by atoms with Gasteiger partial charge in [0.05, 0.1) is 23.5 Å². The standard InChI is InChI=1S/C51H56N2O16/c1-8-36(56)67-40(38(30-18-12-9-13-19-30)53-44(58)31-20-14-10-15-21-31)46(60)65-33-25-51(62)43(68-45(59)32-22-16-11-17-23-32)41-49(7,42(57)39(64-28(3)54)37(27(33)2)48(51,5)6)34(66-47(52)61)24-35-50(41,26-63-35)69-29(4)55/h9-23,33-35,38-41,43,62H,8,24-26H2,1-7H3,(H2,52,61)(H,53,58)/t33-,34-,35+,38-,39+,40+,41-,43-,49+,50-,51+/m0/s1. The van der Waals surface area contributed by atoms with Crippen LogP contribution >= 0.6 is 0 Å². The van der Waals surface area contributed by atoms with Crippen LogP contribution in [0.5, 0.6) is 0 Å². The molecular weight excluding hydrogens is 897 g/mol. The molecule has 366 valence electrons. The maximum absolute atomic E-state index is 15.9. The molecule has 2 amide bonds. The highest BCUT2D eigenvalue weighted by molar-refractivity contribution is 5.96. The van der Waals surface area contributed by atoms with Crippen molar-refractivity contribution in [1.29, 1.82) is 0 Å². The predicted octanol–water partition coefficient (Wildman–Crippen LogP) is 4.80. The highest BCUT2D eigenvalue weighted by Crippen LogP contribution is 2.65. The smallest absolute Gasteiger partial charge is 0.404 e. The number of carbonyl (C=O) groups excluding carboxylic acids is 8. The van der Waals surface area contributed by atoms with Gasteiger partial charge in [0.15, 0.2) is 17.5 Å². The lowest BCUT2D eigenvalue weighted by Crippen LogP contribution is -2.82. The maximum atomic E-state index is 15.9. The predicted molar refractivity (Wildman–Crippen MR) is 240 cm³/mol. The van der Waals surface area contributed by atoms with Crippen molar-refractivity contribution < 1.29 is 76.6 Å². The molecule has 0 unspecified atom stereocenters. The van der Waals surface area contributed by atoms with Crippen LogP contribution in [0, 0.1) is 16.7 Å². The second-order valence-electron chi connectivity index (χ2n) is 18.6. The van der Waals surface area contributed by atoms with Gasteiger partial charge in [-0.05, 0) is 54.8 Å². The number of ether oxygens (including phenoxy) is 7. The lowest BCUT2D eigenvalue weighted by molar-refractivity contribution is -0.345. The summed E-state index contributed by atoms with van der Waals surface area (Å²) in [7, 11) is 0. The summed E-state index contributed by atoms with van der Waals surface area (Å²) in [6.45, 7) is 9.23. The molecule has 69 heavy (non-hydrogen) atoms. The quantitative estimate of drug-likeness (QED) is 0.118. The first-order chi connectivity index (χ1) is 32.6. The molecule has 0 radical (unpaired) electrons. The Hall–Kier alpha value is -6.92. The van der Waals surface area contributed by atoms with E-state index in [0.29, 0.717) is 5.56 Å². The molecule has 4 N–H and O–H groups in total. The van der Waals surface area contributed by atoms with E-state index in [4.69, 9.17) is 38.9 Å². The summed E-state index contributed by atoms with van der Waals surface area (Å²) in [6.07, 6.45) is -12.3. The van der Waals surface area contributed by atoms with Crippen LogP contribution in [0.2, 0.25) is 0 Å². The Balaban J connectivity index is 1.45. The molecule has 0 spiro atoms. The molecule has 0 aromatic heterocycles. The molecule has 1 heterocycles. The molecule has 18 heteroatoms. The van der Waals surface area contributed by atoms with E-state index in [9.17, 15) is 33.9 Å². The summed E-state index contributed by atoms with van der Waals surface area (Å²) in [5.41, 5.74) is -2.03. The fourth-order valence-corrected chi connectivity index (χ4v) is 10.8. The van der Waals surface area contributed by atoms with Crippen LogP contribution < -0.4 is 11.1 Å². The van der Waals surface area contributed by atoms with Crippen molar-refractivity contribution in [2.45, 2.75) is 122 Å². The first kappa shape index (κ1) is 50.0. The fraction of sp³-hybridized carbons (Fsp3) is 0.451. The normalized spacial score (nSPS) is 29.6. The van der Waals surface area contributed by atoms with E-state index < -0.39 is 125 Å². The average Bonchev–Trinajstić information content (AvgIpc) is 3.31. The van der Waals surface area contributed by atoms with Gasteiger partial charge in [0, 0.05) is 44.1 Å². The molecule has 2 saturated carbocycles. The van der Waals surface area contributed by atoms with Crippen molar-refractivity contribution in [1.82, 2.24) is 5.32 Å². The van der Waals surface area contributed by atoms with E-state index in [1.807, 2.05) is 0 Å². The van der Waals surface area contributed by atoms with Gasteiger partial charge in [-0.3, -0.25) is 24.0 Å². The van der Waals surface area contributed by atoms with Crippen LogP contribution in [-0.2, 0) is 57.1 Å². The number of hydrogen-bond acceptors (Lipinski definition) is 16. The molecule has 11 atom stereocenters. The van der Waals surface area contributed by atoms with Gasteiger partial charge in [-0.1, -0.05) is 87.5 Å². The summed E-state index contributed by atoms with van der Waals surface area (Å²) < 4.78 is 42.4. The number of benzene rings is 3. The number of hydrogen-bond donors (Lipinski definition) is 3. The topological polar surface area (TPSA) is 259 Å². The van der Waals surface area contributed by atoms with E-state index in [1.54, 1.807) is 78.9 Å². The minimum absolute atomic E-state index is 0.0197. The zero-order valence-electron chi connectivity index (χ0n) is 39.3. The highest BCUT2D eigenvalue weighted by Gasteiger charge is 2.79. The highest BCUT2D eigenvalue weighted by atomic mass is 16.6. The SMILES string of the molecule is CCC(=O)O[C@@H](C(=O)O[C@H]1C[C@@]2(O)[C@@H](OC(=O)c3ccccc3)[C@@H]3[C@]4(OC(C)=O)CO[C@@H]4C[C@H](OC(N)=O)[C@@]3(C)C(=O)[C@H](OC(C)=O)C(=C1C)C2(C)C)[C@@H](NC(=O)c1ccccc1)c1ccccc1. The molecule has 18 nitrogen and oxygen atoms in total. The Bertz CT molecular complexity index is 2550. The van der Waals surface area contributed by atoms with Crippen molar-refractivity contribution in [3.8, 4) is 0 Å². The molecule has 1 aliphatic heterocycles. The number of nitrogens with one attached hydrogen (secondary N) is 1. The van der Waals surface area contributed by atoms with E-state index in [2.05, 4.69) is 5.32 Å². The number of rotatable bonds is 13. The average molecular weight is 953 g/mol. The minimum atomic E-state index is -2.50. The van der Waals surface area contributed by atoms with Crippen LogP contribution in [0.1, 0.15) is 100 Å². The van der Waals surface area contributed by atoms with Crippen molar-refractivity contribution >= 4 is 47.6 Å². The molecule has 3 aromatic carbocycles. The second-order valence-corrected chi connectivity index (χ2v) is 18.6. The van der Waals surface area contributed by atoms with Crippen LogP contribution in [-0.4, -0.2) is 107 Å². The lowest BCUT2D eigenvalue weighted by Gasteiger charge is -2.67. The van der Waals surface area contributed by atoms with Gasteiger partial charge < -0.3 is 49.3 Å². The van der Waals surface area contributed by atoms with Crippen LogP contribution in [0.3, 0.4) is 0 Å². The minimum Gasteiger partial charge on any atom is -0.455 e. The van der Waals surface area contributed by atoms with Crippen molar-refractivity contribution in [3.63, 3.8) is 0 Å².